The molecule has 0 radical (unpaired) electrons. The molecule has 1 unspecified atom stereocenters. The van der Waals surface area contributed by atoms with Gasteiger partial charge in [0.15, 0.2) is 0 Å². The van der Waals surface area contributed by atoms with E-state index >= 15 is 0 Å². The van der Waals surface area contributed by atoms with Crippen LogP contribution in [0.4, 0.5) is 0 Å². The molecular weight excluding hydrogens is 252 g/mol. The van der Waals surface area contributed by atoms with Crippen LogP contribution in [0.1, 0.15) is 17.4 Å². The Hall–Kier alpha value is -2.47. The van der Waals surface area contributed by atoms with Gasteiger partial charge in [0.05, 0.1) is 11.9 Å². The van der Waals surface area contributed by atoms with Gasteiger partial charge in [-0.05, 0) is 12.1 Å². The molecule has 102 valence electrons. The molecule has 3 aromatic rings. The van der Waals surface area contributed by atoms with E-state index in [0.717, 1.165) is 17.1 Å². The summed E-state index contributed by atoms with van der Waals surface area (Å²) in [5.41, 5.74) is 8.21. The molecule has 0 saturated heterocycles. The Bertz CT molecular complexity index is 685. The first kappa shape index (κ1) is 12.6. The van der Waals surface area contributed by atoms with Crippen molar-refractivity contribution in [2.45, 2.75) is 12.5 Å². The SMILES string of the molecule is Cn1ncnc1CC(N)c1cnn(-c2ccccc2)c1. The maximum Gasteiger partial charge on any atom is 0.138 e. The Morgan fingerprint density at radius 3 is 2.70 bits per heavy atom. The summed E-state index contributed by atoms with van der Waals surface area (Å²) in [6.45, 7) is 0. The third kappa shape index (κ3) is 2.46. The number of benzene rings is 1. The van der Waals surface area contributed by atoms with Crippen molar-refractivity contribution in [2.24, 2.45) is 12.8 Å². The number of aromatic nitrogens is 5. The molecule has 2 heterocycles. The summed E-state index contributed by atoms with van der Waals surface area (Å²) in [5, 5.41) is 8.40. The van der Waals surface area contributed by atoms with Gasteiger partial charge < -0.3 is 5.73 Å². The Kier molecular flexibility index (Phi) is 3.30. The molecule has 0 aliphatic carbocycles. The monoisotopic (exact) mass is 268 g/mol. The molecule has 0 bridgehead atoms. The van der Waals surface area contributed by atoms with Crippen LogP contribution in [0.15, 0.2) is 49.1 Å². The number of nitrogens with two attached hydrogens (primary N) is 1. The van der Waals surface area contributed by atoms with Crippen molar-refractivity contribution >= 4 is 0 Å². The van der Waals surface area contributed by atoms with E-state index in [0.29, 0.717) is 6.42 Å². The number of hydrogen-bond donors (Lipinski definition) is 1. The lowest BCUT2D eigenvalue weighted by atomic mass is 10.1. The normalized spacial score (nSPS) is 12.5. The number of aryl methyl sites for hydroxylation is 1. The van der Waals surface area contributed by atoms with Crippen LogP contribution in [0.2, 0.25) is 0 Å². The van der Waals surface area contributed by atoms with Gasteiger partial charge in [-0.1, -0.05) is 18.2 Å². The van der Waals surface area contributed by atoms with E-state index in [2.05, 4.69) is 15.2 Å². The zero-order valence-corrected chi connectivity index (χ0v) is 11.2. The highest BCUT2D eigenvalue weighted by molar-refractivity contribution is 5.31. The van der Waals surface area contributed by atoms with Gasteiger partial charge in [0.1, 0.15) is 12.2 Å². The van der Waals surface area contributed by atoms with E-state index in [1.54, 1.807) is 10.9 Å². The fourth-order valence-corrected chi connectivity index (χ4v) is 2.07. The van der Waals surface area contributed by atoms with Crippen molar-refractivity contribution in [3.8, 4) is 5.69 Å². The number of hydrogen-bond acceptors (Lipinski definition) is 4. The molecule has 0 saturated carbocycles. The topological polar surface area (TPSA) is 74.6 Å². The molecule has 1 atom stereocenters. The Balaban J connectivity index is 1.78. The lowest BCUT2D eigenvalue weighted by molar-refractivity contribution is 0.629. The summed E-state index contributed by atoms with van der Waals surface area (Å²) in [6, 6.07) is 9.81. The van der Waals surface area contributed by atoms with Crippen LogP contribution in [-0.2, 0) is 13.5 Å². The van der Waals surface area contributed by atoms with E-state index in [9.17, 15) is 0 Å². The van der Waals surface area contributed by atoms with Gasteiger partial charge in [-0.2, -0.15) is 10.2 Å². The highest BCUT2D eigenvalue weighted by Gasteiger charge is 2.13. The Labute approximate surface area is 116 Å². The van der Waals surface area contributed by atoms with Gasteiger partial charge in [0.25, 0.3) is 0 Å². The van der Waals surface area contributed by atoms with Gasteiger partial charge in [-0.3, -0.25) is 4.68 Å². The minimum Gasteiger partial charge on any atom is -0.323 e. The molecule has 6 heteroatoms. The van der Waals surface area contributed by atoms with E-state index in [1.807, 2.05) is 48.3 Å². The molecule has 2 aromatic heterocycles. The molecule has 0 amide bonds. The van der Waals surface area contributed by atoms with E-state index in [-0.39, 0.29) is 6.04 Å². The second-order valence-corrected chi connectivity index (χ2v) is 4.66. The van der Waals surface area contributed by atoms with Crippen molar-refractivity contribution in [2.75, 3.05) is 0 Å². The highest BCUT2D eigenvalue weighted by Crippen LogP contribution is 2.16. The summed E-state index contributed by atoms with van der Waals surface area (Å²) >= 11 is 0. The van der Waals surface area contributed by atoms with Crippen molar-refractivity contribution in [3.05, 3.63) is 60.4 Å². The third-order valence-electron chi connectivity index (χ3n) is 3.26. The first-order chi connectivity index (χ1) is 9.74. The molecule has 20 heavy (non-hydrogen) atoms. The lowest BCUT2D eigenvalue weighted by Crippen LogP contribution is -2.15. The van der Waals surface area contributed by atoms with Crippen LogP contribution in [0.25, 0.3) is 5.69 Å². The van der Waals surface area contributed by atoms with E-state index in [1.165, 1.54) is 6.33 Å². The maximum absolute atomic E-state index is 6.21. The summed E-state index contributed by atoms with van der Waals surface area (Å²) in [7, 11) is 1.86. The summed E-state index contributed by atoms with van der Waals surface area (Å²) < 4.78 is 3.56. The zero-order chi connectivity index (χ0) is 13.9. The summed E-state index contributed by atoms with van der Waals surface area (Å²) in [4.78, 5) is 4.19. The van der Waals surface area contributed by atoms with Gasteiger partial charge >= 0.3 is 0 Å². The quantitative estimate of drug-likeness (QED) is 0.772. The largest absolute Gasteiger partial charge is 0.323 e. The average Bonchev–Trinajstić information content (AvgIpc) is 3.10. The summed E-state index contributed by atoms with van der Waals surface area (Å²) in [6.07, 6.45) is 5.93. The predicted molar refractivity (Wildman–Crippen MR) is 75.2 cm³/mol. The molecule has 2 N–H and O–H groups in total. The second-order valence-electron chi connectivity index (χ2n) is 4.66. The van der Waals surface area contributed by atoms with Crippen LogP contribution in [-0.4, -0.2) is 24.5 Å². The Morgan fingerprint density at radius 1 is 1.20 bits per heavy atom. The first-order valence-electron chi connectivity index (χ1n) is 6.42. The number of para-hydroxylation sites is 1. The van der Waals surface area contributed by atoms with Crippen molar-refractivity contribution in [1.29, 1.82) is 0 Å². The molecule has 0 spiro atoms. The van der Waals surface area contributed by atoms with Crippen LogP contribution < -0.4 is 5.73 Å². The van der Waals surface area contributed by atoms with E-state index < -0.39 is 0 Å². The molecule has 0 fully saturated rings. The lowest BCUT2D eigenvalue weighted by Gasteiger charge is -2.08. The standard InChI is InChI=1S/C14H16N6/c1-19-14(16-10-18-19)7-13(15)11-8-17-20(9-11)12-5-3-2-4-6-12/h2-6,8-10,13H,7,15H2,1H3. The van der Waals surface area contributed by atoms with E-state index in [4.69, 9.17) is 5.73 Å². The minimum absolute atomic E-state index is 0.143. The van der Waals surface area contributed by atoms with Crippen LogP contribution >= 0.6 is 0 Å². The fourth-order valence-electron chi connectivity index (χ4n) is 2.07. The van der Waals surface area contributed by atoms with Gasteiger partial charge in [-0.25, -0.2) is 9.67 Å². The van der Waals surface area contributed by atoms with Crippen LogP contribution in [0.3, 0.4) is 0 Å². The molecule has 3 rings (SSSR count). The number of nitrogens with zero attached hydrogens (tertiary/aromatic N) is 5. The number of rotatable bonds is 4. The fraction of sp³-hybridized carbons (Fsp3) is 0.214. The Morgan fingerprint density at radius 2 is 2.00 bits per heavy atom. The first-order valence-corrected chi connectivity index (χ1v) is 6.42. The second kappa shape index (κ2) is 5.26. The van der Waals surface area contributed by atoms with Crippen molar-refractivity contribution in [1.82, 2.24) is 24.5 Å². The molecule has 0 aliphatic heterocycles. The average molecular weight is 268 g/mol. The van der Waals surface area contributed by atoms with Crippen LogP contribution in [0, 0.1) is 0 Å². The van der Waals surface area contributed by atoms with Crippen molar-refractivity contribution in [3.63, 3.8) is 0 Å². The highest BCUT2D eigenvalue weighted by atomic mass is 15.3. The molecule has 6 nitrogen and oxygen atoms in total. The van der Waals surface area contributed by atoms with Crippen LogP contribution in [0.5, 0.6) is 0 Å². The zero-order valence-electron chi connectivity index (χ0n) is 11.2. The van der Waals surface area contributed by atoms with Gasteiger partial charge in [0.2, 0.25) is 0 Å². The summed E-state index contributed by atoms with van der Waals surface area (Å²) in [5.74, 6) is 0.866. The molecule has 0 aliphatic rings. The predicted octanol–water partition coefficient (Wildman–Crippen LogP) is 1.24. The van der Waals surface area contributed by atoms with Gasteiger partial charge in [-0.15, -0.1) is 0 Å². The van der Waals surface area contributed by atoms with Crippen molar-refractivity contribution < 1.29 is 0 Å². The molecular formula is C14H16N6. The minimum atomic E-state index is -0.143. The van der Waals surface area contributed by atoms with Gasteiger partial charge in [0, 0.05) is 31.3 Å². The smallest absolute Gasteiger partial charge is 0.138 e. The molecule has 1 aromatic carbocycles. The third-order valence-corrected chi connectivity index (χ3v) is 3.26. The maximum atomic E-state index is 6.21.